The first-order chi connectivity index (χ1) is 7.54. The SMILES string of the molecule is Cc1cc(C(=O)NC(C)CC#N)ccc1F. The number of amides is 1. The van der Waals surface area contributed by atoms with Crippen molar-refractivity contribution < 1.29 is 9.18 Å². The van der Waals surface area contributed by atoms with Crippen molar-refractivity contribution in [2.75, 3.05) is 0 Å². The first-order valence-electron chi connectivity index (χ1n) is 4.98. The van der Waals surface area contributed by atoms with E-state index in [1.807, 2.05) is 6.07 Å². The summed E-state index contributed by atoms with van der Waals surface area (Å²) < 4.78 is 13.0. The highest BCUT2D eigenvalue weighted by Crippen LogP contribution is 2.09. The number of rotatable bonds is 3. The summed E-state index contributed by atoms with van der Waals surface area (Å²) in [7, 11) is 0. The molecule has 0 spiro atoms. The zero-order chi connectivity index (χ0) is 12.1. The molecule has 16 heavy (non-hydrogen) atoms. The highest BCUT2D eigenvalue weighted by Gasteiger charge is 2.10. The Bertz CT molecular complexity index is 437. The monoisotopic (exact) mass is 220 g/mol. The second-order valence-corrected chi connectivity index (χ2v) is 3.70. The minimum atomic E-state index is -0.332. The third-order valence-electron chi connectivity index (χ3n) is 2.20. The van der Waals surface area contributed by atoms with E-state index >= 15 is 0 Å². The maximum Gasteiger partial charge on any atom is 0.251 e. The third-order valence-corrected chi connectivity index (χ3v) is 2.20. The molecule has 1 unspecified atom stereocenters. The van der Waals surface area contributed by atoms with Crippen molar-refractivity contribution in [3.63, 3.8) is 0 Å². The topological polar surface area (TPSA) is 52.9 Å². The molecule has 1 atom stereocenters. The zero-order valence-corrected chi connectivity index (χ0v) is 9.25. The molecule has 84 valence electrons. The van der Waals surface area contributed by atoms with Crippen molar-refractivity contribution in [2.45, 2.75) is 26.3 Å². The third kappa shape index (κ3) is 3.06. The molecule has 0 saturated carbocycles. The summed E-state index contributed by atoms with van der Waals surface area (Å²) in [4.78, 5) is 11.7. The van der Waals surface area contributed by atoms with E-state index in [9.17, 15) is 9.18 Å². The molecule has 1 aromatic carbocycles. The van der Waals surface area contributed by atoms with Gasteiger partial charge in [0.15, 0.2) is 0 Å². The number of halogens is 1. The molecular weight excluding hydrogens is 207 g/mol. The van der Waals surface area contributed by atoms with Crippen LogP contribution in [0.2, 0.25) is 0 Å². The van der Waals surface area contributed by atoms with Crippen LogP contribution in [0.15, 0.2) is 18.2 Å². The Morgan fingerprint density at radius 3 is 2.88 bits per heavy atom. The van der Waals surface area contributed by atoms with Gasteiger partial charge in [0, 0.05) is 11.6 Å². The van der Waals surface area contributed by atoms with Gasteiger partial charge in [0.2, 0.25) is 0 Å². The van der Waals surface area contributed by atoms with Crippen LogP contribution in [0.4, 0.5) is 4.39 Å². The van der Waals surface area contributed by atoms with Crippen LogP contribution in [-0.4, -0.2) is 11.9 Å². The molecule has 0 aliphatic heterocycles. The molecular formula is C12H13FN2O. The molecule has 0 fully saturated rings. The van der Waals surface area contributed by atoms with Gasteiger partial charge in [-0.15, -0.1) is 0 Å². The van der Waals surface area contributed by atoms with Crippen molar-refractivity contribution in [1.82, 2.24) is 5.32 Å². The van der Waals surface area contributed by atoms with Crippen molar-refractivity contribution in [3.8, 4) is 6.07 Å². The van der Waals surface area contributed by atoms with Crippen molar-refractivity contribution in [2.24, 2.45) is 0 Å². The Labute approximate surface area is 93.9 Å². The lowest BCUT2D eigenvalue weighted by molar-refractivity contribution is 0.0940. The van der Waals surface area contributed by atoms with Crippen LogP contribution in [0.3, 0.4) is 0 Å². The Kier molecular flexibility index (Phi) is 4.01. The lowest BCUT2D eigenvalue weighted by atomic mass is 10.1. The van der Waals surface area contributed by atoms with Gasteiger partial charge in [-0.3, -0.25) is 4.79 Å². The first-order valence-corrected chi connectivity index (χ1v) is 4.98. The molecule has 1 N–H and O–H groups in total. The average molecular weight is 220 g/mol. The largest absolute Gasteiger partial charge is 0.349 e. The standard InChI is InChI=1S/C12H13FN2O/c1-8-7-10(3-4-11(8)13)12(16)15-9(2)5-6-14/h3-4,7,9H,5H2,1-2H3,(H,15,16). The molecule has 0 saturated heterocycles. The van der Waals surface area contributed by atoms with E-state index in [4.69, 9.17) is 5.26 Å². The van der Waals surface area contributed by atoms with Crippen LogP contribution in [0, 0.1) is 24.1 Å². The summed E-state index contributed by atoms with van der Waals surface area (Å²) in [5.74, 6) is -0.618. The van der Waals surface area contributed by atoms with Gasteiger partial charge in [-0.2, -0.15) is 5.26 Å². The van der Waals surface area contributed by atoms with Gasteiger partial charge in [-0.25, -0.2) is 4.39 Å². The second kappa shape index (κ2) is 5.26. The van der Waals surface area contributed by atoms with Gasteiger partial charge < -0.3 is 5.32 Å². The van der Waals surface area contributed by atoms with Crippen molar-refractivity contribution in [3.05, 3.63) is 35.1 Å². The van der Waals surface area contributed by atoms with E-state index in [-0.39, 0.29) is 24.2 Å². The van der Waals surface area contributed by atoms with Gasteiger partial charge in [0.05, 0.1) is 12.5 Å². The van der Waals surface area contributed by atoms with E-state index in [0.717, 1.165) is 0 Å². The molecule has 0 aliphatic carbocycles. The summed E-state index contributed by atoms with van der Waals surface area (Å²) in [6, 6.07) is 5.94. The molecule has 1 rings (SSSR count). The van der Waals surface area contributed by atoms with Crippen molar-refractivity contribution >= 4 is 5.91 Å². The summed E-state index contributed by atoms with van der Waals surface area (Å²) >= 11 is 0. The number of hydrogen-bond donors (Lipinski definition) is 1. The number of carbonyl (C=O) groups excluding carboxylic acids is 1. The van der Waals surface area contributed by atoms with Crippen molar-refractivity contribution in [1.29, 1.82) is 5.26 Å². The van der Waals surface area contributed by atoms with Gasteiger partial charge in [0.1, 0.15) is 5.82 Å². The fraction of sp³-hybridized carbons (Fsp3) is 0.333. The number of hydrogen-bond acceptors (Lipinski definition) is 2. The Morgan fingerprint density at radius 2 is 2.31 bits per heavy atom. The molecule has 4 heteroatoms. The molecule has 1 aromatic rings. The predicted molar refractivity (Wildman–Crippen MR) is 58.3 cm³/mol. The molecule has 3 nitrogen and oxygen atoms in total. The minimum absolute atomic E-state index is 0.206. The normalized spacial score (nSPS) is 11.6. The summed E-state index contributed by atoms with van der Waals surface area (Å²) in [6.07, 6.45) is 0.256. The Hall–Kier alpha value is -1.89. The first kappa shape index (κ1) is 12.2. The van der Waals surface area contributed by atoms with Crippen LogP contribution in [0.25, 0.3) is 0 Å². The number of aryl methyl sites for hydroxylation is 1. The van der Waals surface area contributed by atoms with Gasteiger partial charge in [-0.1, -0.05) is 0 Å². The average Bonchev–Trinajstić information content (AvgIpc) is 2.22. The van der Waals surface area contributed by atoms with Gasteiger partial charge in [-0.05, 0) is 37.6 Å². The van der Waals surface area contributed by atoms with E-state index in [0.29, 0.717) is 11.1 Å². The fourth-order valence-electron chi connectivity index (χ4n) is 1.28. The second-order valence-electron chi connectivity index (χ2n) is 3.70. The maximum atomic E-state index is 13.0. The number of benzene rings is 1. The van der Waals surface area contributed by atoms with E-state index in [1.54, 1.807) is 13.8 Å². The summed E-state index contributed by atoms with van der Waals surface area (Å²) in [6.45, 7) is 3.35. The van der Waals surface area contributed by atoms with E-state index in [2.05, 4.69) is 5.32 Å². The van der Waals surface area contributed by atoms with Crippen LogP contribution in [0.5, 0.6) is 0 Å². The van der Waals surface area contributed by atoms with Crippen LogP contribution >= 0.6 is 0 Å². The zero-order valence-electron chi connectivity index (χ0n) is 9.25. The quantitative estimate of drug-likeness (QED) is 0.848. The molecule has 0 heterocycles. The molecule has 0 aromatic heterocycles. The molecule has 0 aliphatic rings. The Balaban J connectivity index is 2.74. The number of nitrogens with zero attached hydrogens (tertiary/aromatic N) is 1. The number of nitrogens with one attached hydrogen (secondary N) is 1. The molecule has 0 bridgehead atoms. The van der Waals surface area contributed by atoms with E-state index in [1.165, 1.54) is 18.2 Å². The van der Waals surface area contributed by atoms with Gasteiger partial charge >= 0.3 is 0 Å². The molecule has 0 radical (unpaired) electrons. The predicted octanol–water partition coefficient (Wildman–Crippen LogP) is 2.17. The summed E-state index contributed by atoms with van der Waals surface area (Å²) in [5, 5.41) is 11.1. The maximum absolute atomic E-state index is 13.0. The van der Waals surface area contributed by atoms with E-state index < -0.39 is 0 Å². The number of nitriles is 1. The van der Waals surface area contributed by atoms with Gasteiger partial charge in [0.25, 0.3) is 5.91 Å². The van der Waals surface area contributed by atoms with Crippen LogP contribution < -0.4 is 5.32 Å². The highest BCUT2D eigenvalue weighted by atomic mass is 19.1. The Morgan fingerprint density at radius 1 is 1.62 bits per heavy atom. The van der Waals surface area contributed by atoms with Crippen LogP contribution in [-0.2, 0) is 0 Å². The fourth-order valence-corrected chi connectivity index (χ4v) is 1.28. The summed E-state index contributed by atoms with van der Waals surface area (Å²) in [5.41, 5.74) is 0.837. The minimum Gasteiger partial charge on any atom is -0.349 e. The lowest BCUT2D eigenvalue weighted by Gasteiger charge is -2.10. The highest BCUT2D eigenvalue weighted by molar-refractivity contribution is 5.94. The molecule has 1 amide bonds. The number of carbonyl (C=O) groups is 1. The lowest BCUT2D eigenvalue weighted by Crippen LogP contribution is -2.32. The smallest absolute Gasteiger partial charge is 0.251 e. The van der Waals surface area contributed by atoms with Crippen LogP contribution in [0.1, 0.15) is 29.3 Å².